The third-order valence-electron chi connectivity index (χ3n) is 3.02. The second-order valence-electron chi connectivity index (χ2n) is 4.51. The van der Waals surface area contributed by atoms with Gasteiger partial charge in [-0.05, 0) is 6.15 Å². The first-order chi connectivity index (χ1) is 7.21. The van der Waals surface area contributed by atoms with Crippen LogP contribution in [-0.4, -0.2) is 6.15 Å². The molecule has 0 fully saturated rings. The molecule has 2 aromatic rings. The molecule has 0 unspecified atom stereocenters. The van der Waals surface area contributed by atoms with Crippen LogP contribution in [0, 0.1) is 12.1 Å². The molecule has 16 heavy (non-hydrogen) atoms. The van der Waals surface area contributed by atoms with Gasteiger partial charge in [-0.2, -0.15) is 50.0 Å². The first-order valence-corrected chi connectivity index (χ1v) is 5.39. The topological polar surface area (TPSA) is 0 Å². The van der Waals surface area contributed by atoms with Gasteiger partial charge in [-0.1, -0.05) is 0 Å². The van der Waals surface area contributed by atoms with Gasteiger partial charge in [0.25, 0.3) is 0 Å². The summed E-state index contributed by atoms with van der Waals surface area (Å²) in [4.78, 5) is 0. The van der Waals surface area contributed by atoms with Crippen LogP contribution in [0.4, 0.5) is 0 Å². The summed E-state index contributed by atoms with van der Waals surface area (Å²) in [5, 5.41) is 0. The minimum absolute atomic E-state index is 0. The summed E-state index contributed by atoms with van der Waals surface area (Å²) in [6.45, 7) is 4.52. The SMILES string of the molecule is C[B-](C)(c1[c-]cccc1)c1[c-]cccc1.[Y]. The van der Waals surface area contributed by atoms with Gasteiger partial charge in [0.2, 0.25) is 0 Å². The largest absolute Gasteiger partial charge is 0.323 e. The van der Waals surface area contributed by atoms with Crippen LogP contribution in [0.2, 0.25) is 13.6 Å². The molecule has 79 valence electrons. The molecular formula is C14H14BY-3. The predicted molar refractivity (Wildman–Crippen MR) is 67.3 cm³/mol. The van der Waals surface area contributed by atoms with Crippen molar-refractivity contribution in [1.82, 2.24) is 0 Å². The quantitative estimate of drug-likeness (QED) is 0.584. The maximum absolute atomic E-state index is 3.31. The molecule has 2 aromatic carbocycles. The Kier molecular flexibility index (Phi) is 4.95. The Morgan fingerprint density at radius 3 is 1.56 bits per heavy atom. The minimum atomic E-state index is -0.719. The second-order valence-corrected chi connectivity index (χ2v) is 4.51. The fourth-order valence-corrected chi connectivity index (χ4v) is 1.88. The van der Waals surface area contributed by atoms with Crippen molar-refractivity contribution in [3.8, 4) is 0 Å². The molecule has 0 aliphatic rings. The molecule has 0 heterocycles. The molecule has 0 aliphatic carbocycles. The Morgan fingerprint density at radius 1 is 0.812 bits per heavy atom. The molecule has 0 spiro atoms. The molecule has 1 radical (unpaired) electrons. The van der Waals surface area contributed by atoms with Crippen LogP contribution < -0.4 is 10.9 Å². The maximum atomic E-state index is 3.31. The smallest absolute Gasteiger partial charge is 0 e. The third kappa shape index (κ3) is 2.84. The van der Waals surface area contributed by atoms with E-state index in [1.54, 1.807) is 0 Å². The molecule has 0 saturated heterocycles. The number of benzene rings is 2. The van der Waals surface area contributed by atoms with Gasteiger partial charge in [0.15, 0.2) is 0 Å². The van der Waals surface area contributed by atoms with Gasteiger partial charge in [0, 0.05) is 32.7 Å². The summed E-state index contributed by atoms with van der Waals surface area (Å²) in [5.41, 5.74) is 2.53. The Hall–Kier alpha value is -0.391. The van der Waals surface area contributed by atoms with Crippen molar-refractivity contribution in [2.75, 3.05) is 0 Å². The minimum Gasteiger partial charge on any atom is -0.323 e. The first kappa shape index (κ1) is 13.7. The van der Waals surface area contributed by atoms with Crippen molar-refractivity contribution in [2.45, 2.75) is 13.6 Å². The monoisotopic (exact) mass is 282 g/mol. The van der Waals surface area contributed by atoms with E-state index in [1.807, 2.05) is 24.3 Å². The van der Waals surface area contributed by atoms with E-state index < -0.39 is 6.15 Å². The summed E-state index contributed by atoms with van der Waals surface area (Å²) in [7, 11) is 0. The van der Waals surface area contributed by atoms with Gasteiger partial charge in [0.1, 0.15) is 0 Å². The molecule has 0 bridgehead atoms. The van der Waals surface area contributed by atoms with E-state index in [1.165, 1.54) is 10.9 Å². The van der Waals surface area contributed by atoms with Crippen LogP contribution >= 0.6 is 0 Å². The van der Waals surface area contributed by atoms with Crippen molar-refractivity contribution in [3.63, 3.8) is 0 Å². The zero-order chi connectivity index (χ0) is 10.7. The number of hydrogen-bond donors (Lipinski definition) is 0. The maximum Gasteiger partial charge on any atom is 0 e. The van der Waals surface area contributed by atoms with E-state index >= 15 is 0 Å². The van der Waals surface area contributed by atoms with Gasteiger partial charge >= 0.3 is 0 Å². The molecule has 0 N–H and O–H groups in total. The molecule has 0 amide bonds. The van der Waals surface area contributed by atoms with Crippen LogP contribution in [0.15, 0.2) is 48.5 Å². The molecule has 0 aliphatic heterocycles. The van der Waals surface area contributed by atoms with Gasteiger partial charge in [0.05, 0.1) is 0 Å². The van der Waals surface area contributed by atoms with Crippen LogP contribution in [-0.2, 0) is 32.7 Å². The fraction of sp³-hybridized carbons (Fsp3) is 0.143. The van der Waals surface area contributed by atoms with Crippen LogP contribution in [0.25, 0.3) is 0 Å². The number of hydrogen-bond acceptors (Lipinski definition) is 0. The first-order valence-electron chi connectivity index (χ1n) is 5.39. The van der Waals surface area contributed by atoms with Gasteiger partial charge in [-0.25, -0.2) is 24.3 Å². The van der Waals surface area contributed by atoms with Crippen molar-refractivity contribution in [2.24, 2.45) is 0 Å². The normalized spacial score (nSPS) is 10.6. The number of rotatable bonds is 2. The van der Waals surface area contributed by atoms with Crippen molar-refractivity contribution < 1.29 is 32.7 Å². The predicted octanol–water partition coefficient (Wildman–Crippen LogP) is 2.11. The molecule has 0 saturated carbocycles. The van der Waals surface area contributed by atoms with Crippen LogP contribution in [0.3, 0.4) is 0 Å². The molecule has 0 atom stereocenters. The third-order valence-corrected chi connectivity index (χ3v) is 3.02. The standard InChI is InChI=1S/C14H14B.Y/c1-15(2,13-9-5-3-6-10-13)14-11-7-4-8-12-14;/h3-9,11H,1-2H3;/q-3;. The van der Waals surface area contributed by atoms with Crippen LogP contribution in [0.5, 0.6) is 0 Å². The summed E-state index contributed by atoms with van der Waals surface area (Å²) in [6, 6.07) is 23.0. The second kappa shape index (κ2) is 5.79. The van der Waals surface area contributed by atoms with E-state index in [2.05, 4.69) is 50.0 Å². The van der Waals surface area contributed by atoms with E-state index in [-0.39, 0.29) is 32.7 Å². The summed E-state index contributed by atoms with van der Waals surface area (Å²) < 4.78 is 0. The van der Waals surface area contributed by atoms with E-state index in [9.17, 15) is 0 Å². The molecule has 0 nitrogen and oxygen atoms in total. The van der Waals surface area contributed by atoms with Gasteiger partial charge in [-0.15, -0.1) is 0 Å². The zero-order valence-electron chi connectivity index (χ0n) is 9.77. The average Bonchev–Trinajstić information content (AvgIpc) is 2.31. The Labute approximate surface area is 123 Å². The molecular weight excluding hydrogens is 268 g/mol. The fourth-order valence-electron chi connectivity index (χ4n) is 1.88. The Bertz CT molecular complexity index is 382. The summed E-state index contributed by atoms with van der Waals surface area (Å²) in [5.74, 6) is 0. The van der Waals surface area contributed by atoms with Crippen molar-refractivity contribution >= 4 is 17.1 Å². The van der Waals surface area contributed by atoms with Crippen LogP contribution in [0.1, 0.15) is 0 Å². The molecule has 2 heteroatoms. The molecule has 2 rings (SSSR count). The van der Waals surface area contributed by atoms with E-state index in [4.69, 9.17) is 0 Å². The zero-order valence-corrected chi connectivity index (χ0v) is 12.6. The molecule has 0 aromatic heterocycles. The van der Waals surface area contributed by atoms with Gasteiger partial charge < -0.3 is 10.9 Å². The van der Waals surface area contributed by atoms with Crippen molar-refractivity contribution in [3.05, 3.63) is 60.7 Å². The summed E-state index contributed by atoms with van der Waals surface area (Å²) >= 11 is 0. The van der Waals surface area contributed by atoms with Crippen molar-refractivity contribution in [1.29, 1.82) is 0 Å². The average molecular weight is 282 g/mol. The van der Waals surface area contributed by atoms with Gasteiger partial charge in [-0.3, -0.25) is 0 Å². The Morgan fingerprint density at radius 2 is 1.25 bits per heavy atom. The van der Waals surface area contributed by atoms with E-state index in [0.717, 1.165) is 0 Å². The van der Waals surface area contributed by atoms with E-state index in [0.29, 0.717) is 0 Å². The summed E-state index contributed by atoms with van der Waals surface area (Å²) in [6.07, 6.45) is -0.719. The Balaban J connectivity index is 0.00000128.